The lowest BCUT2D eigenvalue weighted by Crippen LogP contribution is -2.22. The number of aromatic amines is 1. The molecule has 29 heavy (non-hydrogen) atoms. The Bertz CT molecular complexity index is 1160. The number of carbonyl (C=O) groups excluding carboxylic acids is 1. The van der Waals surface area contributed by atoms with Crippen LogP contribution in [0.4, 0.5) is 18.9 Å². The smallest absolute Gasteiger partial charge is 0.416 e. The van der Waals surface area contributed by atoms with Crippen LogP contribution in [0.1, 0.15) is 15.9 Å². The molecular weight excluding hydrogens is 413 g/mol. The molecule has 1 heterocycles. The maximum atomic E-state index is 12.8. The van der Waals surface area contributed by atoms with Crippen LogP contribution in [0.25, 0.3) is 10.9 Å². The summed E-state index contributed by atoms with van der Waals surface area (Å²) in [6.45, 7) is 0. The Balaban J connectivity index is 2.00. The molecule has 0 spiro atoms. The molecule has 0 aliphatic heterocycles. The number of aromatic nitrogens is 1. The van der Waals surface area contributed by atoms with E-state index in [1.54, 1.807) is 0 Å². The van der Waals surface area contributed by atoms with Gasteiger partial charge in [-0.25, -0.2) is 0 Å². The summed E-state index contributed by atoms with van der Waals surface area (Å²) in [7, 11) is 2.76. The molecule has 0 atom stereocenters. The topological polar surface area (TPSA) is 80.4 Å². The third kappa shape index (κ3) is 4.00. The van der Waals surface area contributed by atoms with E-state index in [2.05, 4.69) is 10.3 Å². The molecular formula is C19H14ClF3N2O4. The number of fused-ring (bicyclic) bond motifs is 1. The predicted molar refractivity (Wildman–Crippen MR) is 102 cm³/mol. The fraction of sp³-hybridized carbons (Fsp3) is 0.158. The number of carbonyl (C=O) groups is 1. The number of methoxy groups -OCH3 is 2. The summed E-state index contributed by atoms with van der Waals surface area (Å²) in [4.78, 5) is 27.8. The molecule has 3 rings (SSSR count). The van der Waals surface area contributed by atoms with Crippen LogP contribution in [0, 0.1) is 0 Å². The van der Waals surface area contributed by atoms with Crippen LogP contribution < -0.4 is 20.2 Å². The summed E-state index contributed by atoms with van der Waals surface area (Å²) >= 11 is 6.02. The standard InChI is InChI=1S/C19H14ClF3N2O4/c1-28-15-7-14(16(29-2)6-12(15)20)25-18(27)11-8-24-13-5-9(19(21,22)23)3-4-10(13)17(11)26/h3-8H,1-2H3,(H,24,26)(H,25,27). The largest absolute Gasteiger partial charge is 0.495 e. The lowest BCUT2D eigenvalue weighted by atomic mass is 10.1. The minimum atomic E-state index is -4.55. The lowest BCUT2D eigenvalue weighted by Gasteiger charge is -2.13. The highest BCUT2D eigenvalue weighted by molar-refractivity contribution is 6.32. The first-order valence-electron chi connectivity index (χ1n) is 8.11. The molecule has 3 aromatic rings. The van der Waals surface area contributed by atoms with Gasteiger partial charge in [0.1, 0.15) is 17.1 Å². The predicted octanol–water partition coefficient (Wildman–Crippen LogP) is 4.47. The first-order chi connectivity index (χ1) is 13.7. The van der Waals surface area contributed by atoms with E-state index in [1.807, 2.05) is 0 Å². The number of anilines is 1. The molecule has 0 aliphatic rings. The van der Waals surface area contributed by atoms with Crippen molar-refractivity contribution in [1.82, 2.24) is 4.98 Å². The molecule has 0 aliphatic carbocycles. The summed E-state index contributed by atoms with van der Waals surface area (Å²) < 4.78 is 48.8. The van der Waals surface area contributed by atoms with Crippen molar-refractivity contribution in [1.29, 1.82) is 0 Å². The van der Waals surface area contributed by atoms with Crippen LogP contribution >= 0.6 is 11.6 Å². The molecule has 0 saturated carbocycles. The van der Waals surface area contributed by atoms with Crippen molar-refractivity contribution in [3.8, 4) is 11.5 Å². The van der Waals surface area contributed by atoms with Gasteiger partial charge in [-0.3, -0.25) is 9.59 Å². The Hall–Kier alpha value is -3.20. The van der Waals surface area contributed by atoms with Crippen molar-refractivity contribution in [3.05, 3.63) is 62.9 Å². The van der Waals surface area contributed by atoms with Crippen LogP contribution in [-0.4, -0.2) is 25.1 Å². The highest BCUT2D eigenvalue weighted by Gasteiger charge is 2.30. The van der Waals surface area contributed by atoms with Crippen LogP contribution in [0.2, 0.25) is 5.02 Å². The molecule has 1 aromatic heterocycles. The fourth-order valence-electron chi connectivity index (χ4n) is 2.71. The SMILES string of the molecule is COc1cc(NC(=O)c2c[nH]c3cc(C(F)(F)F)ccc3c2=O)c(OC)cc1Cl. The number of hydrogen-bond acceptors (Lipinski definition) is 4. The van der Waals surface area contributed by atoms with Crippen molar-refractivity contribution in [3.63, 3.8) is 0 Å². The number of benzene rings is 2. The third-order valence-electron chi connectivity index (χ3n) is 4.17. The van der Waals surface area contributed by atoms with E-state index in [0.717, 1.165) is 24.4 Å². The van der Waals surface area contributed by atoms with Gasteiger partial charge in [0.15, 0.2) is 0 Å². The van der Waals surface area contributed by atoms with Gasteiger partial charge < -0.3 is 19.8 Å². The molecule has 6 nitrogen and oxygen atoms in total. The Labute approximate surface area is 167 Å². The maximum absolute atomic E-state index is 12.8. The zero-order valence-corrected chi connectivity index (χ0v) is 15.9. The van der Waals surface area contributed by atoms with Gasteiger partial charge in [0.2, 0.25) is 5.43 Å². The van der Waals surface area contributed by atoms with Crippen molar-refractivity contribution in [2.75, 3.05) is 19.5 Å². The first-order valence-corrected chi connectivity index (χ1v) is 8.49. The third-order valence-corrected chi connectivity index (χ3v) is 4.47. The van der Waals surface area contributed by atoms with Gasteiger partial charge in [-0.1, -0.05) is 11.6 Å². The maximum Gasteiger partial charge on any atom is 0.416 e. The van der Waals surface area contributed by atoms with E-state index >= 15 is 0 Å². The van der Waals surface area contributed by atoms with Crippen LogP contribution in [-0.2, 0) is 6.18 Å². The number of pyridine rings is 1. The average molecular weight is 427 g/mol. The summed E-state index contributed by atoms with van der Waals surface area (Å²) in [5.41, 5.74) is -1.74. The summed E-state index contributed by atoms with van der Waals surface area (Å²) in [6, 6.07) is 5.47. The molecule has 0 saturated heterocycles. The van der Waals surface area contributed by atoms with Crippen LogP contribution in [0.3, 0.4) is 0 Å². The fourth-order valence-corrected chi connectivity index (χ4v) is 2.95. The Kier molecular flexibility index (Phi) is 5.43. The van der Waals surface area contributed by atoms with E-state index in [-0.39, 0.29) is 38.7 Å². The number of alkyl halides is 3. The highest BCUT2D eigenvalue weighted by Crippen LogP contribution is 2.36. The summed E-state index contributed by atoms with van der Waals surface area (Å²) in [6.07, 6.45) is -3.49. The van der Waals surface area contributed by atoms with Gasteiger partial charge in [0.25, 0.3) is 5.91 Å². The van der Waals surface area contributed by atoms with Gasteiger partial charge in [-0.15, -0.1) is 0 Å². The van der Waals surface area contributed by atoms with Crippen LogP contribution in [0.15, 0.2) is 41.3 Å². The van der Waals surface area contributed by atoms with Gasteiger partial charge in [0, 0.05) is 29.2 Å². The second-order valence-corrected chi connectivity index (χ2v) is 6.34. The lowest BCUT2D eigenvalue weighted by molar-refractivity contribution is -0.137. The van der Waals surface area contributed by atoms with Crippen LogP contribution in [0.5, 0.6) is 11.5 Å². The monoisotopic (exact) mass is 426 g/mol. The van der Waals surface area contributed by atoms with Gasteiger partial charge >= 0.3 is 6.18 Å². The van der Waals surface area contributed by atoms with E-state index in [1.165, 1.54) is 26.4 Å². The van der Waals surface area contributed by atoms with Gasteiger partial charge in [-0.2, -0.15) is 13.2 Å². The normalized spacial score (nSPS) is 11.4. The van der Waals surface area contributed by atoms with Crippen molar-refractivity contribution >= 4 is 34.1 Å². The Morgan fingerprint density at radius 3 is 2.41 bits per heavy atom. The molecule has 10 heteroatoms. The first kappa shape index (κ1) is 20.5. The molecule has 0 fully saturated rings. The Morgan fingerprint density at radius 2 is 1.79 bits per heavy atom. The van der Waals surface area contributed by atoms with E-state index in [0.29, 0.717) is 0 Å². The number of halogens is 4. The van der Waals surface area contributed by atoms with Gasteiger partial charge in [-0.05, 0) is 18.2 Å². The second kappa shape index (κ2) is 7.67. The average Bonchev–Trinajstić information content (AvgIpc) is 2.68. The summed E-state index contributed by atoms with van der Waals surface area (Å²) in [5.74, 6) is -0.276. The summed E-state index contributed by atoms with van der Waals surface area (Å²) in [5, 5.41) is 2.72. The van der Waals surface area contributed by atoms with E-state index in [4.69, 9.17) is 21.1 Å². The minimum absolute atomic E-state index is 0.0351. The molecule has 0 bridgehead atoms. The molecule has 2 N–H and O–H groups in total. The van der Waals surface area contributed by atoms with Crippen molar-refractivity contribution in [2.45, 2.75) is 6.18 Å². The second-order valence-electron chi connectivity index (χ2n) is 5.93. The molecule has 1 amide bonds. The number of amides is 1. The van der Waals surface area contributed by atoms with E-state index in [9.17, 15) is 22.8 Å². The van der Waals surface area contributed by atoms with Crippen molar-refractivity contribution < 1.29 is 27.4 Å². The zero-order chi connectivity index (χ0) is 21.3. The molecule has 152 valence electrons. The molecule has 2 aromatic carbocycles. The number of ether oxygens (including phenoxy) is 2. The van der Waals surface area contributed by atoms with E-state index < -0.39 is 23.1 Å². The minimum Gasteiger partial charge on any atom is -0.495 e. The zero-order valence-electron chi connectivity index (χ0n) is 15.1. The van der Waals surface area contributed by atoms with Gasteiger partial charge in [0.05, 0.1) is 30.5 Å². The highest BCUT2D eigenvalue weighted by atomic mass is 35.5. The number of H-pyrrole nitrogens is 1. The quantitative estimate of drug-likeness (QED) is 0.645. The Morgan fingerprint density at radius 1 is 1.10 bits per heavy atom. The molecule has 0 radical (unpaired) electrons. The van der Waals surface area contributed by atoms with Crippen molar-refractivity contribution in [2.24, 2.45) is 0 Å². The molecule has 0 unspecified atom stereocenters. The number of rotatable bonds is 4. The number of nitrogens with one attached hydrogen (secondary N) is 2. The number of hydrogen-bond donors (Lipinski definition) is 2.